The number of benzene rings is 2. The van der Waals surface area contributed by atoms with Gasteiger partial charge in [0, 0.05) is 12.6 Å². The van der Waals surface area contributed by atoms with E-state index in [1.165, 1.54) is 24.1 Å². The monoisotopic (exact) mass is 374 g/mol. The Labute approximate surface area is 154 Å². The summed E-state index contributed by atoms with van der Waals surface area (Å²) in [5, 5.41) is 24.9. The summed E-state index contributed by atoms with van der Waals surface area (Å²) in [6.45, 7) is 1.84. The summed E-state index contributed by atoms with van der Waals surface area (Å²) in [4.78, 5) is 34.6. The highest BCUT2D eigenvalue weighted by molar-refractivity contribution is 5.95. The molecule has 0 atom stereocenters. The van der Waals surface area contributed by atoms with Crippen molar-refractivity contribution < 1.29 is 19.4 Å². The molecule has 1 amide bonds. The molecule has 0 aliphatic rings. The molecular formula is C17H18N4O6. The molecule has 0 heterocycles. The first kappa shape index (κ1) is 19.6. The van der Waals surface area contributed by atoms with Crippen molar-refractivity contribution in [2.45, 2.75) is 6.92 Å². The Balaban J connectivity index is 2.25. The van der Waals surface area contributed by atoms with E-state index in [9.17, 15) is 25.0 Å². The summed E-state index contributed by atoms with van der Waals surface area (Å²) in [6, 6.07) is 10.2. The van der Waals surface area contributed by atoms with Crippen molar-refractivity contribution in [1.82, 2.24) is 0 Å². The first-order chi connectivity index (χ1) is 12.9. The molecule has 2 rings (SSSR count). The van der Waals surface area contributed by atoms with Crippen molar-refractivity contribution in [3.63, 3.8) is 0 Å². The Morgan fingerprint density at radius 2 is 1.85 bits per heavy atom. The Morgan fingerprint density at radius 3 is 2.44 bits per heavy atom. The van der Waals surface area contributed by atoms with E-state index >= 15 is 0 Å². The second kappa shape index (κ2) is 8.61. The van der Waals surface area contributed by atoms with Gasteiger partial charge in [0.25, 0.3) is 11.4 Å². The third-order valence-electron chi connectivity index (χ3n) is 3.80. The largest absolute Gasteiger partial charge is 0.495 e. The zero-order chi connectivity index (χ0) is 20.0. The molecule has 2 aromatic carbocycles. The Bertz CT molecular complexity index is 870. The van der Waals surface area contributed by atoms with E-state index in [0.717, 1.165) is 6.07 Å². The maximum absolute atomic E-state index is 12.4. The van der Waals surface area contributed by atoms with Gasteiger partial charge in [-0.1, -0.05) is 12.1 Å². The summed E-state index contributed by atoms with van der Waals surface area (Å²) in [5.41, 5.74) is -0.223. The highest BCUT2D eigenvalue weighted by Gasteiger charge is 2.24. The minimum atomic E-state index is -0.707. The molecule has 10 heteroatoms. The van der Waals surface area contributed by atoms with E-state index in [1.807, 2.05) is 0 Å². The predicted octanol–water partition coefficient (Wildman–Crippen LogP) is 2.98. The van der Waals surface area contributed by atoms with Crippen LogP contribution in [-0.4, -0.2) is 36.0 Å². The van der Waals surface area contributed by atoms with Crippen LogP contribution in [0, 0.1) is 20.2 Å². The summed E-state index contributed by atoms with van der Waals surface area (Å²) in [7, 11) is 1.48. The van der Waals surface area contributed by atoms with Crippen LogP contribution in [0.2, 0.25) is 0 Å². The summed E-state index contributed by atoms with van der Waals surface area (Å²) in [6.07, 6.45) is 0. The third-order valence-corrected chi connectivity index (χ3v) is 3.80. The van der Waals surface area contributed by atoms with E-state index in [-0.39, 0.29) is 24.5 Å². The zero-order valence-corrected chi connectivity index (χ0v) is 14.7. The maximum atomic E-state index is 12.4. The average molecular weight is 374 g/mol. The molecule has 0 bridgehead atoms. The van der Waals surface area contributed by atoms with E-state index in [0.29, 0.717) is 11.4 Å². The van der Waals surface area contributed by atoms with Gasteiger partial charge in [0.1, 0.15) is 11.4 Å². The molecule has 0 fully saturated rings. The Hall–Kier alpha value is -3.69. The van der Waals surface area contributed by atoms with Gasteiger partial charge in [-0.25, -0.2) is 0 Å². The van der Waals surface area contributed by atoms with Gasteiger partial charge in [-0.3, -0.25) is 25.0 Å². The highest BCUT2D eigenvalue weighted by atomic mass is 16.6. The fourth-order valence-electron chi connectivity index (χ4n) is 2.52. The van der Waals surface area contributed by atoms with E-state index in [2.05, 4.69) is 5.32 Å². The van der Waals surface area contributed by atoms with E-state index < -0.39 is 21.4 Å². The molecule has 2 aromatic rings. The van der Waals surface area contributed by atoms with Crippen LogP contribution in [0.3, 0.4) is 0 Å². The molecule has 0 saturated heterocycles. The molecule has 0 saturated carbocycles. The number of carbonyl (C=O) groups is 1. The van der Waals surface area contributed by atoms with Crippen molar-refractivity contribution in [3.05, 3.63) is 62.7 Å². The SMILES string of the molecule is CCN(CC(=O)Nc1ccccc1OC)c1ccc([N+](=O)[O-])cc1[N+](=O)[O-]. The van der Waals surface area contributed by atoms with Crippen molar-refractivity contribution in [1.29, 1.82) is 0 Å². The van der Waals surface area contributed by atoms with Gasteiger partial charge in [-0.15, -0.1) is 0 Å². The number of ether oxygens (including phenoxy) is 1. The van der Waals surface area contributed by atoms with Crippen molar-refractivity contribution in [2.75, 3.05) is 30.4 Å². The molecule has 142 valence electrons. The lowest BCUT2D eigenvalue weighted by Gasteiger charge is -2.22. The normalized spacial score (nSPS) is 10.1. The fourth-order valence-corrected chi connectivity index (χ4v) is 2.52. The molecule has 0 aromatic heterocycles. The van der Waals surface area contributed by atoms with Crippen LogP contribution in [-0.2, 0) is 4.79 Å². The third kappa shape index (κ3) is 4.69. The summed E-state index contributed by atoms with van der Waals surface area (Å²) < 4.78 is 5.17. The predicted molar refractivity (Wildman–Crippen MR) is 99.3 cm³/mol. The quantitative estimate of drug-likeness (QED) is 0.555. The van der Waals surface area contributed by atoms with Crippen LogP contribution in [0.25, 0.3) is 0 Å². The average Bonchev–Trinajstić information content (AvgIpc) is 2.66. The van der Waals surface area contributed by atoms with E-state index in [1.54, 1.807) is 31.2 Å². The van der Waals surface area contributed by atoms with Crippen LogP contribution >= 0.6 is 0 Å². The standard InChI is InChI=1S/C17H18N4O6/c1-3-19(11-17(22)18-13-6-4-5-7-16(13)27-2)14-9-8-12(20(23)24)10-15(14)21(25)26/h4-10H,3,11H2,1-2H3,(H,18,22). The lowest BCUT2D eigenvalue weighted by Crippen LogP contribution is -2.33. The number of nitrogens with zero attached hydrogens (tertiary/aromatic N) is 3. The first-order valence-corrected chi connectivity index (χ1v) is 7.98. The number of carbonyl (C=O) groups excluding carboxylic acids is 1. The van der Waals surface area contributed by atoms with Crippen LogP contribution in [0.1, 0.15) is 6.92 Å². The first-order valence-electron chi connectivity index (χ1n) is 7.98. The van der Waals surface area contributed by atoms with Crippen LogP contribution in [0.15, 0.2) is 42.5 Å². The smallest absolute Gasteiger partial charge is 0.299 e. The second-order valence-corrected chi connectivity index (χ2v) is 5.45. The summed E-state index contributed by atoms with van der Waals surface area (Å²) in [5.74, 6) is 0.0733. The number of hydrogen-bond acceptors (Lipinski definition) is 7. The van der Waals surface area contributed by atoms with Crippen molar-refractivity contribution in [2.24, 2.45) is 0 Å². The number of nitro benzene ring substituents is 2. The second-order valence-electron chi connectivity index (χ2n) is 5.45. The Morgan fingerprint density at radius 1 is 1.15 bits per heavy atom. The molecular weight excluding hydrogens is 356 g/mol. The molecule has 0 unspecified atom stereocenters. The summed E-state index contributed by atoms with van der Waals surface area (Å²) >= 11 is 0. The lowest BCUT2D eigenvalue weighted by molar-refractivity contribution is -0.393. The van der Waals surface area contributed by atoms with Crippen molar-refractivity contribution >= 4 is 28.7 Å². The van der Waals surface area contributed by atoms with Gasteiger partial charge in [0.15, 0.2) is 0 Å². The van der Waals surface area contributed by atoms with Gasteiger partial charge in [-0.05, 0) is 25.1 Å². The van der Waals surface area contributed by atoms with Gasteiger partial charge in [-0.2, -0.15) is 0 Å². The van der Waals surface area contributed by atoms with Crippen LogP contribution in [0.4, 0.5) is 22.7 Å². The minimum Gasteiger partial charge on any atom is -0.495 e. The Kier molecular flexibility index (Phi) is 6.26. The number of rotatable bonds is 8. The minimum absolute atomic E-state index is 0.128. The number of non-ortho nitro benzene ring substituents is 1. The number of hydrogen-bond donors (Lipinski definition) is 1. The highest BCUT2D eigenvalue weighted by Crippen LogP contribution is 2.32. The topological polar surface area (TPSA) is 128 Å². The molecule has 0 radical (unpaired) electrons. The molecule has 0 spiro atoms. The van der Waals surface area contributed by atoms with Gasteiger partial charge >= 0.3 is 0 Å². The number of nitrogens with one attached hydrogen (secondary N) is 1. The van der Waals surface area contributed by atoms with Gasteiger partial charge < -0.3 is 15.0 Å². The molecule has 0 aliphatic carbocycles. The van der Waals surface area contributed by atoms with Crippen LogP contribution < -0.4 is 15.0 Å². The lowest BCUT2D eigenvalue weighted by atomic mass is 10.2. The molecule has 10 nitrogen and oxygen atoms in total. The number of para-hydroxylation sites is 2. The van der Waals surface area contributed by atoms with Gasteiger partial charge in [0.05, 0.1) is 35.3 Å². The number of nitro groups is 2. The fraction of sp³-hybridized carbons (Fsp3) is 0.235. The van der Waals surface area contributed by atoms with E-state index in [4.69, 9.17) is 4.74 Å². The molecule has 27 heavy (non-hydrogen) atoms. The number of methoxy groups -OCH3 is 1. The number of likely N-dealkylation sites (N-methyl/N-ethyl adjacent to an activating group) is 1. The maximum Gasteiger partial charge on any atom is 0.299 e. The zero-order valence-electron chi connectivity index (χ0n) is 14.7. The number of amides is 1. The van der Waals surface area contributed by atoms with Crippen molar-refractivity contribution in [3.8, 4) is 5.75 Å². The molecule has 1 N–H and O–H groups in total. The van der Waals surface area contributed by atoms with Crippen LogP contribution in [0.5, 0.6) is 5.75 Å². The van der Waals surface area contributed by atoms with Gasteiger partial charge in [0.2, 0.25) is 5.91 Å². The number of anilines is 2. The molecule has 0 aliphatic heterocycles.